The third kappa shape index (κ3) is 2.81. The van der Waals surface area contributed by atoms with Gasteiger partial charge in [-0.3, -0.25) is 0 Å². The van der Waals surface area contributed by atoms with Crippen molar-refractivity contribution in [2.75, 3.05) is 26.2 Å². The topological polar surface area (TPSA) is 98.5 Å². The van der Waals surface area contributed by atoms with E-state index in [2.05, 4.69) is 10.0 Å². The van der Waals surface area contributed by atoms with Crippen LogP contribution in [0, 0.1) is 0 Å². The minimum atomic E-state index is -0.964. The fraction of sp³-hybridized carbons (Fsp3) is 0.833. The van der Waals surface area contributed by atoms with Gasteiger partial charge in [-0.05, 0) is 5.53 Å². The van der Waals surface area contributed by atoms with E-state index >= 15 is 0 Å². The highest BCUT2D eigenvalue weighted by molar-refractivity contribution is 5.65. The summed E-state index contributed by atoms with van der Waals surface area (Å²) < 4.78 is 5.19. The van der Waals surface area contributed by atoms with Crippen LogP contribution in [0.4, 0.5) is 4.79 Å². The fourth-order valence-electron chi connectivity index (χ4n) is 1.13. The molecule has 1 saturated heterocycles. The second-order valence-corrected chi connectivity index (χ2v) is 2.63. The molecule has 0 saturated carbocycles. The molecule has 0 spiro atoms. The van der Waals surface area contributed by atoms with E-state index in [1.807, 2.05) is 0 Å². The van der Waals surface area contributed by atoms with Crippen LogP contribution in [-0.2, 0) is 4.74 Å². The molecule has 0 radical (unpaired) electrons. The zero-order valence-corrected chi connectivity index (χ0v) is 6.96. The lowest BCUT2D eigenvalue weighted by Crippen LogP contribution is -2.46. The van der Waals surface area contributed by atoms with Gasteiger partial charge in [-0.15, -0.1) is 0 Å². The van der Waals surface area contributed by atoms with E-state index in [0.29, 0.717) is 13.2 Å². The first kappa shape index (κ1) is 9.63. The molecule has 1 aliphatic rings. The fourth-order valence-corrected chi connectivity index (χ4v) is 1.13. The van der Waals surface area contributed by atoms with Crippen molar-refractivity contribution in [1.29, 1.82) is 0 Å². The summed E-state index contributed by atoms with van der Waals surface area (Å²) in [4.78, 5) is 14.4. The second kappa shape index (κ2) is 4.54. The van der Waals surface area contributed by atoms with Crippen LogP contribution in [0.1, 0.15) is 0 Å². The number of carboxylic acid groups (broad SMARTS) is 1. The smallest absolute Gasteiger partial charge is 0.407 e. The SMILES string of the molecule is [N-]=[N+]=NCC1CN(C(=O)O)CCO1. The number of hydrogen-bond donors (Lipinski definition) is 1. The van der Waals surface area contributed by atoms with Gasteiger partial charge in [0.05, 0.1) is 25.8 Å². The van der Waals surface area contributed by atoms with E-state index in [4.69, 9.17) is 15.4 Å². The lowest BCUT2D eigenvalue weighted by molar-refractivity contribution is -0.0166. The van der Waals surface area contributed by atoms with E-state index in [1.165, 1.54) is 4.90 Å². The number of carbonyl (C=O) groups is 1. The molecule has 72 valence electrons. The molecular formula is C6H10N4O3. The summed E-state index contributed by atoms with van der Waals surface area (Å²) in [7, 11) is 0. The van der Waals surface area contributed by atoms with Crippen molar-refractivity contribution in [3.63, 3.8) is 0 Å². The maximum atomic E-state index is 10.5. The first-order valence-electron chi connectivity index (χ1n) is 3.84. The summed E-state index contributed by atoms with van der Waals surface area (Å²) in [5, 5.41) is 12.0. The number of azide groups is 1. The normalized spacial score (nSPS) is 22.2. The van der Waals surface area contributed by atoms with Crippen LogP contribution in [0.3, 0.4) is 0 Å². The molecule has 1 unspecified atom stereocenters. The van der Waals surface area contributed by atoms with Gasteiger partial charge < -0.3 is 14.7 Å². The Labute approximate surface area is 74.5 Å². The van der Waals surface area contributed by atoms with Crippen molar-refractivity contribution in [3.8, 4) is 0 Å². The van der Waals surface area contributed by atoms with Crippen molar-refractivity contribution >= 4 is 6.09 Å². The van der Waals surface area contributed by atoms with Crippen molar-refractivity contribution in [1.82, 2.24) is 4.90 Å². The molecule has 1 rings (SSSR count). The zero-order chi connectivity index (χ0) is 9.68. The van der Waals surface area contributed by atoms with E-state index in [-0.39, 0.29) is 19.2 Å². The molecule has 1 atom stereocenters. The van der Waals surface area contributed by atoms with Gasteiger partial charge in [-0.1, -0.05) is 5.11 Å². The maximum Gasteiger partial charge on any atom is 0.407 e. The first-order chi connectivity index (χ1) is 6.24. The number of nitrogens with zero attached hydrogens (tertiary/aromatic N) is 4. The summed E-state index contributed by atoms with van der Waals surface area (Å²) in [5.41, 5.74) is 8.04. The summed E-state index contributed by atoms with van der Waals surface area (Å²) in [5.74, 6) is 0. The second-order valence-electron chi connectivity index (χ2n) is 2.63. The van der Waals surface area contributed by atoms with Crippen LogP contribution in [-0.4, -0.2) is 48.4 Å². The molecule has 7 nitrogen and oxygen atoms in total. The van der Waals surface area contributed by atoms with Crippen molar-refractivity contribution < 1.29 is 14.6 Å². The predicted octanol–water partition coefficient (Wildman–Crippen LogP) is 0.675. The molecule has 0 aromatic rings. The van der Waals surface area contributed by atoms with E-state index in [1.54, 1.807) is 0 Å². The quantitative estimate of drug-likeness (QED) is 0.389. The summed E-state index contributed by atoms with van der Waals surface area (Å²) in [6, 6.07) is 0. The monoisotopic (exact) mass is 186 g/mol. The molecule has 1 aliphatic heterocycles. The molecule has 1 N–H and O–H groups in total. The summed E-state index contributed by atoms with van der Waals surface area (Å²) in [6.45, 7) is 1.19. The highest BCUT2D eigenvalue weighted by atomic mass is 16.5. The van der Waals surface area contributed by atoms with Gasteiger partial charge in [-0.25, -0.2) is 4.79 Å². The molecule has 13 heavy (non-hydrogen) atoms. The number of ether oxygens (including phenoxy) is 1. The Morgan fingerprint density at radius 2 is 2.62 bits per heavy atom. The molecule has 0 bridgehead atoms. The Hall–Kier alpha value is -1.46. The standard InChI is InChI=1S/C6H10N4O3/c7-9-8-3-5-4-10(6(11)12)1-2-13-5/h5H,1-4H2,(H,11,12). The van der Waals surface area contributed by atoms with Crippen LogP contribution in [0.25, 0.3) is 10.4 Å². The maximum absolute atomic E-state index is 10.5. The van der Waals surface area contributed by atoms with E-state index < -0.39 is 6.09 Å². The lowest BCUT2D eigenvalue weighted by atomic mass is 10.3. The molecule has 7 heteroatoms. The zero-order valence-electron chi connectivity index (χ0n) is 6.96. The molecule has 1 heterocycles. The van der Waals surface area contributed by atoms with Crippen molar-refractivity contribution in [2.24, 2.45) is 5.11 Å². The Bertz CT molecular complexity index is 238. The minimum absolute atomic E-state index is 0.181. The minimum Gasteiger partial charge on any atom is -0.465 e. The van der Waals surface area contributed by atoms with Crippen molar-refractivity contribution in [2.45, 2.75) is 6.10 Å². The van der Waals surface area contributed by atoms with Crippen molar-refractivity contribution in [3.05, 3.63) is 10.4 Å². The highest BCUT2D eigenvalue weighted by Gasteiger charge is 2.22. The van der Waals surface area contributed by atoms with Crippen LogP contribution >= 0.6 is 0 Å². The van der Waals surface area contributed by atoms with Crippen LogP contribution in [0.5, 0.6) is 0 Å². The van der Waals surface area contributed by atoms with Gasteiger partial charge in [0.15, 0.2) is 0 Å². The largest absolute Gasteiger partial charge is 0.465 e. The van der Waals surface area contributed by atoms with Crippen LogP contribution in [0.15, 0.2) is 5.11 Å². The van der Waals surface area contributed by atoms with Gasteiger partial charge in [0.25, 0.3) is 0 Å². The predicted molar refractivity (Wildman–Crippen MR) is 43.4 cm³/mol. The van der Waals surface area contributed by atoms with E-state index in [0.717, 1.165) is 0 Å². The summed E-state index contributed by atoms with van der Waals surface area (Å²) in [6.07, 6.45) is -1.27. The molecule has 1 fully saturated rings. The number of hydrogen-bond acceptors (Lipinski definition) is 3. The van der Waals surface area contributed by atoms with Gasteiger partial charge in [-0.2, -0.15) is 0 Å². The Morgan fingerprint density at radius 1 is 1.85 bits per heavy atom. The van der Waals surface area contributed by atoms with Crippen LogP contribution < -0.4 is 0 Å². The Morgan fingerprint density at radius 3 is 3.23 bits per heavy atom. The summed E-state index contributed by atoms with van der Waals surface area (Å²) >= 11 is 0. The lowest BCUT2D eigenvalue weighted by Gasteiger charge is -2.29. The van der Waals surface area contributed by atoms with Gasteiger partial charge in [0, 0.05) is 11.5 Å². The highest BCUT2D eigenvalue weighted by Crippen LogP contribution is 2.05. The van der Waals surface area contributed by atoms with E-state index in [9.17, 15) is 4.79 Å². The van der Waals surface area contributed by atoms with Gasteiger partial charge >= 0.3 is 6.09 Å². The Kier molecular flexibility index (Phi) is 3.36. The third-order valence-electron chi connectivity index (χ3n) is 1.76. The molecule has 1 amide bonds. The number of amides is 1. The Balaban J connectivity index is 2.41. The molecule has 0 aliphatic carbocycles. The third-order valence-corrected chi connectivity index (χ3v) is 1.76. The molecule has 0 aromatic heterocycles. The molecular weight excluding hydrogens is 176 g/mol. The average Bonchev–Trinajstić information content (AvgIpc) is 2.15. The average molecular weight is 186 g/mol. The number of morpholine rings is 1. The van der Waals surface area contributed by atoms with Crippen LogP contribution in [0.2, 0.25) is 0 Å². The van der Waals surface area contributed by atoms with Gasteiger partial charge in [0.2, 0.25) is 0 Å². The number of rotatable bonds is 2. The first-order valence-corrected chi connectivity index (χ1v) is 3.84. The molecule has 0 aromatic carbocycles. The van der Waals surface area contributed by atoms with Gasteiger partial charge in [0.1, 0.15) is 0 Å².